The molecule has 0 aromatic carbocycles. The third-order valence-corrected chi connectivity index (χ3v) is 4.94. The number of amides is 1. The summed E-state index contributed by atoms with van der Waals surface area (Å²) in [4.78, 5) is 25.6. The number of fused-ring (bicyclic) bond motifs is 2. The molecule has 2 aliphatic heterocycles. The van der Waals surface area contributed by atoms with Gasteiger partial charge in [0.1, 0.15) is 11.2 Å². The lowest BCUT2D eigenvalue weighted by Gasteiger charge is -2.39. The summed E-state index contributed by atoms with van der Waals surface area (Å²) in [5, 5.41) is 3.45. The number of carbonyl (C=O) groups excluding carboxylic acids is 1. The minimum Gasteiger partial charge on any atom is -0.444 e. The summed E-state index contributed by atoms with van der Waals surface area (Å²) in [6, 6.07) is 6.22. The van der Waals surface area contributed by atoms with Crippen molar-refractivity contribution >= 4 is 41.7 Å². The molecule has 1 N–H and O–H groups in total. The van der Waals surface area contributed by atoms with Gasteiger partial charge in [-0.3, -0.25) is 4.99 Å². The highest BCUT2D eigenvalue weighted by Crippen LogP contribution is 2.18. The Morgan fingerprint density at radius 2 is 2.14 bits per heavy atom. The fourth-order valence-electron chi connectivity index (χ4n) is 3.63. The van der Waals surface area contributed by atoms with Gasteiger partial charge in [0.15, 0.2) is 5.96 Å². The van der Waals surface area contributed by atoms with Crippen LogP contribution < -0.4 is 5.32 Å². The molecular formula is C20H29IN6O2. The molecule has 1 atom stereocenters. The topological polar surface area (TPSA) is 74.5 Å². The van der Waals surface area contributed by atoms with E-state index in [1.54, 1.807) is 4.90 Å². The molecule has 9 heteroatoms. The predicted octanol–water partition coefficient (Wildman–Crippen LogP) is 2.38. The van der Waals surface area contributed by atoms with Gasteiger partial charge >= 0.3 is 6.09 Å². The van der Waals surface area contributed by atoms with Gasteiger partial charge in [-0.15, -0.1) is 24.0 Å². The number of piperazine rings is 1. The van der Waals surface area contributed by atoms with Gasteiger partial charge in [0, 0.05) is 45.0 Å². The van der Waals surface area contributed by atoms with Crippen molar-refractivity contribution in [2.45, 2.75) is 38.8 Å². The van der Waals surface area contributed by atoms with E-state index in [2.05, 4.69) is 26.4 Å². The van der Waals surface area contributed by atoms with E-state index in [4.69, 9.17) is 4.74 Å². The normalized spacial score (nSPS) is 18.9. The molecule has 0 aliphatic carbocycles. The average molecular weight is 512 g/mol. The number of aromatic nitrogens is 2. The zero-order chi connectivity index (χ0) is 19.7. The van der Waals surface area contributed by atoms with Crippen LogP contribution in [0.15, 0.2) is 35.6 Å². The van der Waals surface area contributed by atoms with Crippen molar-refractivity contribution in [3.63, 3.8) is 0 Å². The van der Waals surface area contributed by atoms with Gasteiger partial charge in [-0.2, -0.15) is 0 Å². The third kappa shape index (κ3) is 5.12. The first kappa shape index (κ1) is 21.7. The van der Waals surface area contributed by atoms with Crippen molar-refractivity contribution < 1.29 is 9.53 Å². The Morgan fingerprint density at radius 1 is 1.31 bits per heavy atom. The molecule has 8 nitrogen and oxygen atoms in total. The number of halogens is 1. The van der Waals surface area contributed by atoms with Gasteiger partial charge in [-0.25, -0.2) is 9.78 Å². The van der Waals surface area contributed by atoms with Crippen LogP contribution in [0.2, 0.25) is 0 Å². The van der Waals surface area contributed by atoms with Crippen LogP contribution in [-0.4, -0.2) is 75.6 Å². The summed E-state index contributed by atoms with van der Waals surface area (Å²) in [6.07, 6.45) is 4.68. The summed E-state index contributed by atoms with van der Waals surface area (Å²) >= 11 is 0. The second-order valence-corrected chi connectivity index (χ2v) is 8.31. The number of nitrogens with one attached hydrogen (secondary N) is 1. The van der Waals surface area contributed by atoms with Crippen LogP contribution >= 0.6 is 24.0 Å². The van der Waals surface area contributed by atoms with E-state index in [1.807, 2.05) is 49.6 Å². The zero-order valence-corrected chi connectivity index (χ0v) is 19.5. The fourth-order valence-corrected chi connectivity index (χ4v) is 3.63. The Bertz CT molecular complexity index is 857. The Morgan fingerprint density at radius 3 is 2.90 bits per heavy atom. The van der Waals surface area contributed by atoms with Gasteiger partial charge in [0.05, 0.1) is 18.3 Å². The number of imidazole rings is 1. The maximum Gasteiger partial charge on any atom is 0.410 e. The minimum absolute atomic E-state index is 0. The maximum absolute atomic E-state index is 12.3. The lowest BCUT2D eigenvalue weighted by molar-refractivity contribution is 0.0137. The molecule has 29 heavy (non-hydrogen) atoms. The van der Waals surface area contributed by atoms with Crippen molar-refractivity contribution in [2.75, 3.05) is 32.7 Å². The van der Waals surface area contributed by atoms with Crippen molar-refractivity contribution in [1.29, 1.82) is 0 Å². The van der Waals surface area contributed by atoms with Crippen LogP contribution in [0.25, 0.3) is 5.65 Å². The SMILES string of the molecule is CC(C)(C)OC(=O)N1CCN2C(NCCc3cn4ccccc4n3)=NCC2C1.I. The molecule has 0 bridgehead atoms. The predicted molar refractivity (Wildman–Crippen MR) is 123 cm³/mol. The molecule has 1 saturated heterocycles. The number of carbonyl (C=O) groups is 1. The van der Waals surface area contributed by atoms with Gasteiger partial charge < -0.3 is 24.3 Å². The quantitative estimate of drug-likeness (QED) is 0.640. The molecule has 1 fully saturated rings. The molecule has 2 aromatic heterocycles. The zero-order valence-electron chi connectivity index (χ0n) is 17.2. The highest BCUT2D eigenvalue weighted by Gasteiger charge is 2.36. The number of rotatable bonds is 3. The van der Waals surface area contributed by atoms with Gasteiger partial charge in [-0.1, -0.05) is 6.07 Å². The highest BCUT2D eigenvalue weighted by atomic mass is 127. The number of nitrogens with zero attached hydrogens (tertiary/aromatic N) is 5. The summed E-state index contributed by atoms with van der Waals surface area (Å²) in [5.41, 5.74) is 1.56. The minimum atomic E-state index is -0.467. The number of hydrogen-bond donors (Lipinski definition) is 1. The van der Waals surface area contributed by atoms with Crippen LogP contribution in [0.5, 0.6) is 0 Å². The molecule has 0 saturated carbocycles. The number of guanidine groups is 1. The summed E-state index contributed by atoms with van der Waals surface area (Å²) < 4.78 is 7.53. The van der Waals surface area contributed by atoms with Crippen molar-refractivity contribution in [3.05, 3.63) is 36.3 Å². The molecule has 2 aromatic rings. The molecule has 2 aliphatic rings. The van der Waals surface area contributed by atoms with Crippen molar-refractivity contribution in [3.8, 4) is 0 Å². The van der Waals surface area contributed by atoms with E-state index in [-0.39, 0.29) is 36.1 Å². The second kappa shape index (κ2) is 8.76. The van der Waals surface area contributed by atoms with E-state index in [1.165, 1.54) is 0 Å². The molecule has 4 heterocycles. The lowest BCUT2D eigenvalue weighted by atomic mass is 10.2. The van der Waals surface area contributed by atoms with Crippen molar-refractivity contribution in [2.24, 2.45) is 4.99 Å². The summed E-state index contributed by atoms with van der Waals surface area (Å²) in [7, 11) is 0. The molecule has 0 radical (unpaired) electrons. The van der Waals surface area contributed by atoms with E-state index >= 15 is 0 Å². The Labute approximate surface area is 188 Å². The molecule has 1 amide bonds. The second-order valence-electron chi connectivity index (χ2n) is 8.31. The Kier molecular flexibility index (Phi) is 6.55. The first-order valence-electron chi connectivity index (χ1n) is 9.84. The van der Waals surface area contributed by atoms with Crippen molar-refractivity contribution in [1.82, 2.24) is 24.5 Å². The van der Waals surface area contributed by atoms with Crippen LogP contribution in [-0.2, 0) is 11.2 Å². The fraction of sp³-hybridized carbons (Fsp3) is 0.550. The maximum atomic E-state index is 12.3. The number of ether oxygens (including phenoxy) is 1. The molecule has 4 rings (SSSR count). The van der Waals surface area contributed by atoms with Crippen LogP contribution in [0, 0.1) is 0 Å². The summed E-state index contributed by atoms with van der Waals surface area (Å²) in [5.74, 6) is 0.928. The van der Waals surface area contributed by atoms with E-state index in [0.717, 1.165) is 36.8 Å². The summed E-state index contributed by atoms with van der Waals surface area (Å²) in [6.45, 7) is 9.23. The first-order valence-corrected chi connectivity index (χ1v) is 9.84. The molecule has 158 valence electrons. The van der Waals surface area contributed by atoms with Crippen LogP contribution in [0.1, 0.15) is 26.5 Å². The largest absolute Gasteiger partial charge is 0.444 e. The first-order chi connectivity index (χ1) is 13.4. The Hall–Kier alpha value is -2.04. The van der Waals surface area contributed by atoms with E-state index in [9.17, 15) is 4.79 Å². The average Bonchev–Trinajstić information content (AvgIpc) is 3.23. The monoisotopic (exact) mass is 512 g/mol. The molecule has 1 unspecified atom stereocenters. The lowest BCUT2D eigenvalue weighted by Crippen LogP contribution is -2.57. The standard InChI is InChI=1S/C20H28N6O2.HI/c1-20(2,3)28-19(27)25-10-11-26-16(14-25)12-22-18(26)21-8-7-15-13-24-9-5-4-6-17(24)23-15;/h4-6,9,13,16H,7-8,10-12,14H2,1-3H3,(H,21,22);1H. The van der Waals surface area contributed by atoms with E-state index in [0.29, 0.717) is 19.6 Å². The number of aliphatic imine (C=N–C) groups is 1. The smallest absolute Gasteiger partial charge is 0.410 e. The van der Waals surface area contributed by atoms with Gasteiger partial charge in [0.25, 0.3) is 0 Å². The Balaban J connectivity index is 0.00000240. The molecular weight excluding hydrogens is 483 g/mol. The highest BCUT2D eigenvalue weighted by molar-refractivity contribution is 14.0. The number of pyridine rings is 1. The van der Waals surface area contributed by atoms with Gasteiger partial charge in [0.2, 0.25) is 0 Å². The number of hydrogen-bond acceptors (Lipinski definition) is 6. The third-order valence-electron chi connectivity index (χ3n) is 4.94. The van der Waals surface area contributed by atoms with Crippen LogP contribution in [0.4, 0.5) is 4.79 Å². The van der Waals surface area contributed by atoms with E-state index < -0.39 is 5.60 Å². The van der Waals surface area contributed by atoms with Crippen LogP contribution in [0.3, 0.4) is 0 Å². The van der Waals surface area contributed by atoms with Gasteiger partial charge in [-0.05, 0) is 32.9 Å². The molecule has 0 spiro atoms.